The zero-order valence-corrected chi connectivity index (χ0v) is 18.8. The van der Waals surface area contributed by atoms with Crippen LogP contribution in [-0.4, -0.2) is 49.0 Å². The first kappa shape index (κ1) is 21.5. The fraction of sp³-hybridized carbons (Fsp3) is 0.400. The summed E-state index contributed by atoms with van der Waals surface area (Å²) in [6, 6.07) is 11.1. The van der Waals surface area contributed by atoms with Crippen molar-refractivity contribution in [1.29, 1.82) is 0 Å². The third-order valence-electron chi connectivity index (χ3n) is 6.60. The number of benzene rings is 2. The number of ketones is 1. The van der Waals surface area contributed by atoms with E-state index in [1.807, 2.05) is 18.2 Å². The van der Waals surface area contributed by atoms with E-state index in [1.54, 1.807) is 23.1 Å². The molecule has 0 bridgehead atoms. The lowest BCUT2D eigenvalue weighted by Gasteiger charge is -2.33. The van der Waals surface area contributed by atoms with Gasteiger partial charge in [-0.3, -0.25) is 24.2 Å². The summed E-state index contributed by atoms with van der Waals surface area (Å²) in [7, 11) is 0. The van der Waals surface area contributed by atoms with Crippen LogP contribution in [-0.2, 0) is 9.59 Å². The van der Waals surface area contributed by atoms with Crippen LogP contribution in [0.1, 0.15) is 48.5 Å². The van der Waals surface area contributed by atoms with E-state index in [4.69, 9.17) is 9.47 Å². The summed E-state index contributed by atoms with van der Waals surface area (Å²) in [6.07, 6.45) is 1.37. The van der Waals surface area contributed by atoms with Gasteiger partial charge in [-0.05, 0) is 48.6 Å². The van der Waals surface area contributed by atoms with Gasteiger partial charge in [0.05, 0.1) is 17.9 Å². The Morgan fingerprint density at radius 1 is 1.06 bits per heavy atom. The number of piperidine rings is 1. The number of Topliss-reactive ketones (excluding diaryl/α,β-unsaturated/α-hetero) is 1. The van der Waals surface area contributed by atoms with Gasteiger partial charge in [-0.25, -0.2) is 0 Å². The van der Waals surface area contributed by atoms with E-state index in [-0.39, 0.29) is 24.5 Å². The largest absolute Gasteiger partial charge is 0.454 e. The Hall–Kier alpha value is -3.39. The van der Waals surface area contributed by atoms with Gasteiger partial charge in [0.2, 0.25) is 12.7 Å². The lowest BCUT2D eigenvalue weighted by molar-refractivity contribution is -0.121. The fourth-order valence-electron chi connectivity index (χ4n) is 4.57. The van der Waals surface area contributed by atoms with Crippen LogP contribution in [0.25, 0.3) is 0 Å². The number of likely N-dealkylation sites (tertiary alicyclic amines) is 1. The summed E-state index contributed by atoms with van der Waals surface area (Å²) in [4.78, 5) is 41.6. The highest BCUT2D eigenvalue weighted by atomic mass is 16.7. The van der Waals surface area contributed by atoms with Crippen molar-refractivity contribution in [2.75, 3.05) is 36.8 Å². The van der Waals surface area contributed by atoms with Crippen molar-refractivity contribution in [2.24, 2.45) is 5.92 Å². The Bertz CT molecular complexity index is 1120. The highest BCUT2D eigenvalue weighted by molar-refractivity contribution is 6.52. The Labute approximate surface area is 192 Å². The number of nitrogens with zero attached hydrogens (tertiary/aromatic N) is 2. The second-order valence-electron chi connectivity index (χ2n) is 9.08. The molecular formula is C25H27N3O5. The van der Waals surface area contributed by atoms with Crippen LogP contribution in [0.5, 0.6) is 11.5 Å². The Morgan fingerprint density at radius 2 is 1.82 bits per heavy atom. The Kier molecular flexibility index (Phi) is 5.54. The van der Waals surface area contributed by atoms with E-state index in [9.17, 15) is 14.4 Å². The van der Waals surface area contributed by atoms with Gasteiger partial charge in [0, 0.05) is 30.8 Å². The number of ether oxygens (including phenoxy) is 2. The zero-order valence-electron chi connectivity index (χ0n) is 18.8. The number of carbonyl (C=O) groups is 3. The molecule has 1 saturated heterocycles. The van der Waals surface area contributed by atoms with Crippen molar-refractivity contribution >= 4 is 29.0 Å². The molecule has 1 fully saturated rings. The second kappa shape index (κ2) is 8.51. The maximum Gasteiger partial charge on any atom is 0.300 e. The summed E-state index contributed by atoms with van der Waals surface area (Å²) in [5.74, 6) is 0.552. The van der Waals surface area contributed by atoms with Gasteiger partial charge in [-0.15, -0.1) is 0 Å². The molecule has 3 heterocycles. The van der Waals surface area contributed by atoms with Crippen LogP contribution in [0.4, 0.5) is 11.4 Å². The molecular weight excluding hydrogens is 422 g/mol. The van der Waals surface area contributed by atoms with Crippen LogP contribution in [0.3, 0.4) is 0 Å². The van der Waals surface area contributed by atoms with Crippen molar-refractivity contribution in [1.82, 2.24) is 4.90 Å². The van der Waals surface area contributed by atoms with Crippen molar-refractivity contribution in [2.45, 2.75) is 32.6 Å². The Balaban J connectivity index is 1.18. The van der Waals surface area contributed by atoms with Crippen LogP contribution < -0.4 is 19.7 Å². The molecule has 1 N–H and O–H groups in total. The molecule has 0 unspecified atom stereocenters. The predicted molar refractivity (Wildman–Crippen MR) is 123 cm³/mol. The number of anilines is 2. The SMILES string of the molecule is CC(C)c1ccc2c(c1)C(=O)C(=O)N2CN1CCC(C(=O)Nc2ccc3c(c2)OCO3)CC1. The summed E-state index contributed by atoms with van der Waals surface area (Å²) in [6.45, 7) is 6.03. The average Bonchev–Trinajstić information content (AvgIpc) is 3.37. The lowest BCUT2D eigenvalue weighted by Crippen LogP contribution is -2.45. The molecule has 0 aliphatic carbocycles. The predicted octanol–water partition coefficient (Wildman–Crippen LogP) is 3.38. The highest BCUT2D eigenvalue weighted by Crippen LogP contribution is 2.35. The molecule has 0 saturated carbocycles. The number of rotatable bonds is 5. The number of hydrogen-bond acceptors (Lipinski definition) is 6. The number of fused-ring (bicyclic) bond motifs is 2. The number of amides is 2. The minimum Gasteiger partial charge on any atom is -0.454 e. The first-order valence-corrected chi connectivity index (χ1v) is 11.3. The van der Waals surface area contributed by atoms with Crippen LogP contribution in [0, 0.1) is 5.92 Å². The normalized spacial score (nSPS) is 18.2. The van der Waals surface area contributed by atoms with Gasteiger partial charge in [-0.2, -0.15) is 0 Å². The molecule has 3 aliphatic heterocycles. The number of nitrogens with one attached hydrogen (secondary N) is 1. The van der Waals surface area contributed by atoms with Crippen LogP contribution >= 0.6 is 0 Å². The zero-order chi connectivity index (χ0) is 23.1. The summed E-state index contributed by atoms with van der Waals surface area (Å²) < 4.78 is 10.7. The number of hydrogen-bond donors (Lipinski definition) is 1. The molecule has 8 nitrogen and oxygen atoms in total. The van der Waals surface area contributed by atoms with E-state index in [0.29, 0.717) is 61.0 Å². The topological polar surface area (TPSA) is 88.2 Å². The minimum absolute atomic E-state index is 0.0208. The van der Waals surface area contributed by atoms with Gasteiger partial charge < -0.3 is 14.8 Å². The lowest BCUT2D eigenvalue weighted by atomic mass is 9.96. The van der Waals surface area contributed by atoms with Crippen molar-refractivity contribution in [3.63, 3.8) is 0 Å². The molecule has 5 rings (SSSR count). The minimum atomic E-state index is -0.478. The second-order valence-corrected chi connectivity index (χ2v) is 9.08. The smallest absolute Gasteiger partial charge is 0.300 e. The molecule has 0 aromatic heterocycles. The summed E-state index contributed by atoms with van der Waals surface area (Å²) in [5, 5.41) is 2.97. The quantitative estimate of drug-likeness (QED) is 0.704. The maximum absolute atomic E-state index is 12.8. The molecule has 0 atom stereocenters. The standard InChI is InChI=1S/C25H27N3O5/c1-15(2)17-3-5-20-19(11-17)23(29)25(31)28(20)13-27-9-7-16(8-10-27)24(30)26-18-4-6-21-22(12-18)33-14-32-21/h3-6,11-12,15-16H,7-10,13-14H2,1-2H3,(H,26,30). The van der Waals surface area contributed by atoms with E-state index in [2.05, 4.69) is 24.1 Å². The number of carbonyl (C=O) groups excluding carboxylic acids is 3. The summed E-state index contributed by atoms with van der Waals surface area (Å²) >= 11 is 0. The van der Waals surface area contributed by atoms with Crippen molar-refractivity contribution in [3.05, 3.63) is 47.5 Å². The Morgan fingerprint density at radius 3 is 2.58 bits per heavy atom. The molecule has 33 heavy (non-hydrogen) atoms. The van der Waals surface area contributed by atoms with Crippen molar-refractivity contribution in [3.8, 4) is 11.5 Å². The third kappa shape index (κ3) is 4.06. The monoisotopic (exact) mass is 449 g/mol. The van der Waals surface area contributed by atoms with E-state index in [0.717, 1.165) is 5.56 Å². The van der Waals surface area contributed by atoms with E-state index < -0.39 is 11.7 Å². The molecule has 0 spiro atoms. The maximum atomic E-state index is 12.8. The molecule has 2 aromatic rings. The van der Waals surface area contributed by atoms with Gasteiger partial charge in [0.15, 0.2) is 11.5 Å². The first-order valence-electron chi connectivity index (χ1n) is 11.3. The molecule has 0 radical (unpaired) electrons. The van der Waals surface area contributed by atoms with E-state index >= 15 is 0 Å². The fourth-order valence-corrected chi connectivity index (χ4v) is 4.57. The average molecular weight is 450 g/mol. The van der Waals surface area contributed by atoms with Crippen LogP contribution in [0.2, 0.25) is 0 Å². The molecule has 172 valence electrons. The third-order valence-corrected chi connectivity index (χ3v) is 6.60. The van der Waals surface area contributed by atoms with Crippen molar-refractivity contribution < 1.29 is 23.9 Å². The molecule has 8 heteroatoms. The van der Waals surface area contributed by atoms with Gasteiger partial charge in [-0.1, -0.05) is 19.9 Å². The summed E-state index contributed by atoms with van der Waals surface area (Å²) in [5.41, 5.74) is 2.90. The highest BCUT2D eigenvalue weighted by Gasteiger charge is 2.37. The molecule has 2 amide bonds. The van der Waals surface area contributed by atoms with Gasteiger partial charge in [0.25, 0.3) is 5.78 Å². The first-order chi connectivity index (χ1) is 15.9. The van der Waals surface area contributed by atoms with Crippen LogP contribution in [0.15, 0.2) is 36.4 Å². The molecule has 3 aliphatic rings. The molecule has 2 aromatic carbocycles. The van der Waals surface area contributed by atoms with Gasteiger partial charge >= 0.3 is 5.91 Å². The van der Waals surface area contributed by atoms with E-state index in [1.165, 1.54) is 0 Å². The van der Waals surface area contributed by atoms with Gasteiger partial charge in [0.1, 0.15) is 0 Å².